The number of halogens is 2. The number of Topliss-reactive ketones (excluding diaryl/α,β-unsaturated/α-hetero) is 1. The van der Waals surface area contributed by atoms with Crippen molar-refractivity contribution in [2.45, 2.75) is 25.7 Å². The molecule has 0 atom stereocenters. The zero-order valence-electron chi connectivity index (χ0n) is 9.54. The number of hydrogen-bond acceptors (Lipinski definition) is 3. The summed E-state index contributed by atoms with van der Waals surface area (Å²) in [5.41, 5.74) is 0. The number of ketones is 1. The lowest BCUT2D eigenvalue weighted by Crippen LogP contribution is -2.38. The third-order valence-electron chi connectivity index (χ3n) is 3.48. The minimum absolute atomic E-state index is 0. The van der Waals surface area contributed by atoms with Crippen molar-refractivity contribution in [3.63, 3.8) is 0 Å². The smallest absolute Gasteiger partial charge is 0.139 e. The van der Waals surface area contributed by atoms with Crippen molar-refractivity contribution in [2.75, 3.05) is 26.2 Å². The predicted molar refractivity (Wildman–Crippen MR) is 70.7 cm³/mol. The van der Waals surface area contributed by atoms with E-state index in [2.05, 4.69) is 10.6 Å². The van der Waals surface area contributed by atoms with Crippen LogP contribution in [0, 0.1) is 11.8 Å². The maximum atomic E-state index is 12.1. The first-order valence-corrected chi connectivity index (χ1v) is 5.83. The normalized spacial score (nSPS) is 23.0. The molecule has 0 aromatic heterocycles. The number of hydrogen-bond donors (Lipinski definition) is 2. The molecule has 0 spiro atoms. The van der Waals surface area contributed by atoms with Gasteiger partial charge in [0.25, 0.3) is 0 Å². The van der Waals surface area contributed by atoms with Gasteiger partial charge in [-0.25, -0.2) is 0 Å². The minimum Gasteiger partial charge on any atom is -0.317 e. The lowest BCUT2D eigenvalue weighted by atomic mass is 9.82. The fourth-order valence-corrected chi connectivity index (χ4v) is 2.55. The van der Waals surface area contributed by atoms with Gasteiger partial charge < -0.3 is 10.6 Å². The first-order valence-electron chi connectivity index (χ1n) is 5.83. The Balaban J connectivity index is 0.00000112. The molecular weight excluding hydrogens is 247 g/mol. The van der Waals surface area contributed by atoms with Gasteiger partial charge in [-0.2, -0.15) is 0 Å². The van der Waals surface area contributed by atoms with E-state index in [0.29, 0.717) is 17.6 Å². The van der Waals surface area contributed by atoms with E-state index in [9.17, 15) is 4.79 Å². The molecule has 2 rings (SSSR count). The van der Waals surface area contributed by atoms with E-state index in [1.165, 1.54) is 0 Å². The molecule has 0 aromatic carbocycles. The highest BCUT2D eigenvalue weighted by atomic mass is 35.5. The Kier molecular flexibility index (Phi) is 8.38. The van der Waals surface area contributed by atoms with Crippen LogP contribution in [0.2, 0.25) is 0 Å². The monoisotopic (exact) mass is 268 g/mol. The zero-order valence-corrected chi connectivity index (χ0v) is 11.2. The second-order valence-electron chi connectivity index (χ2n) is 4.45. The van der Waals surface area contributed by atoms with Gasteiger partial charge in [0.05, 0.1) is 0 Å². The molecule has 2 N–H and O–H groups in total. The molecule has 5 heteroatoms. The van der Waals surface area contributed by atoms with E-state index < -0.39 is 0 Å². The van der Waals surface area contributed by atoms with E-state index in [0.717, 1.165) is 51.9 Å². The summed E-state index contributed by atoms with van der Waals surface area (Å²) in [4.78, 5) is 12.1. The average Bonchev–Trinajstić information content (AvgIpc) is 2.30. The number of piperidine rings is 2. The van der Waals surface area contributed by atoms with Crippen LogP contribution in [0.25, 0.3) is 0 Å². The van der Waals surface area contributed by atoms with Crippen LogP contribution in [0.3, 0.4) is 0 Å². The van der Waals surface area contributed by atoms with Crippen LogP contribution in [0.4, 0.5) is 0 Å². The second kappa shape index (κ2) is 8.29. The first-order chi connectivity index (χ1) is 6.88. The van der Waals surface area contributed by atoms with Crippen molar-refractivity contribution in [3.8, 4) is 0 Å². The number of carbonyl (C=O) groups is 1. The number of nitrogens with one attached hydrogen (secondary N) is 2. The molecule has 0 saturated carbocycles. The largest absolute Gasteiger partial charge is 0.317 e. The molecule has 16 heavy (non-hydrogen) atoms. The highest BCUT2D eigenvalue weighted by molar-refractivity contribution is 5.85. The number of carbonyl (C=O) groups excluding carboxylic acids is 1. The van der Waals surface area contributed by atoms with Crippen LogP contribution < -0.4 is 10.6 Å². The summed E-state index contributed by atoms with van der Waals surface area (Å²) in [7, 11) is 0. The molecule has 0 amide bonds. The molecule has 0 radical (unpaired) electrons. The first kappa shape index (κ1) is 16.2. The minimum atomic E-state index is 0. The fraction of sp³-hybridized carbons (Fsp3) is 0.909. The van der Waals surface area contributed by atoms with Crippen LogP contribution in [0.1, 0.15) is 25.7 Å². The molecule has 3 nitrogen and oxygen atoms in total. The lowest BCUT2D eigenvalue weighted by Gasteiger charge is -2.28. The molecule has 2 saturated heterocycles. The Morgan fingerprint density at radius 1 is 0.750 bits per heavy atom. The summed E-state index contributed by atoms with van der Waals surface area (Å²) in [5.74, 6) is 1.27. The van der Waals surface area contributed by atoms with Crippen molar-refractivity contribution in [1.29, 1.82) is 0 Å². The Hall–Kier alpha value is 0.170. The Labute approximate surface area is 110 Å². The fourth-order valence-electron chi connectivity index (χ4n) is 2.55. The van der Waals surface area contributed by atoms with Gasteiger partial charge in [-0.05, 0) is 51.9 Å². The molecule has 2 heterocycles. The summed E-state index contributed by atoms with van der Waals surface area (Å²) in [6.07, 6.45) is 4.23. The molecule has 0 aromatic rings. The van der Waals surface area contributed by atoms with Crippen LogP contribution in [-0.4, -0.2) is 32.0 Å². The van der Waals surface area contributed by atoms with Gasteiger partial charge in [-0.1, -0.05) is 0 Å². The van der Waals surface area contributed by atoms with Gasteiger partial charge in [0.15, 0.2) is 0 Å². The van der Waals surface area contributed by atoms with Crippen LogP contribution in [0.15, 0.2) is 0 Å². The second-order valence-corrected chi connectivity index (χ2v) is 4.45. The molecule has 0 unspecified atom stereocenters. The predicted octanol–water partition coefficient (Wildman–Crippen LogP) is 1.40. The van der Waals surface area contributed by atoms with E-state index in [1.54, 1.807) is 0 Å². The standard InChI is InChI=1S/C11H20N2O.2ClH/c14-11(9-1-5-12-6-2-9)10-3-7-13-8-4-10;;/h9-10,12-13H,1-8H2;2*1H. The van der Waals surface area contributed by atoms with Crippen LogP contribution in [-0.2, 0) is 4.79 Å². The topological polar surface area (TPSA) is 41.1 Å². The third kappa shape index (κ3) is 4.21. The van der Waals surface area contributed by atoms with Gasteiger partial charge in [-0.3, -0.25) is 4.79 Å². The lowest BCUT2D eigenvalue weighted by molar-refractivity contribution is -0.128. The van der Waals surface area contributed by atoms with Gasteiger partial charge in [0.2, 0.25) is 0 Å². The van der Waals surface area contributed by atoms with Crippen molar-refractivity contribution >= 4 is 30.6 Å². The quantitative estimate of drug-likeness (QED) is 0.796. The van der Waals surface area contributed by atoms with Gasteiger partial charge >= 0.3 is 0 Å². The maximum Gasteiger partial charge on any atom is 0.139 e. The average molecular weight is 269 g/mol. The Morgan fingerprint density at radius 2 is 1.06 bits per heavy atom. The Bertz CT molecular complexity index is 182. The van der Waals surface area contributed by atoms with Gasteiger partial charge in [-0.15, -0.1) is 24.8 Å². The molecule has 0 aliphatic carbocycles. The van der Waals surface area contributed by atoms with E-state index >= 15 is 0 Å². The van der Waals surface area contributed by atoms with E-state index in [1.807, 2.05) is 0 Å². The summed E-state index contributed by atoms with van der Waals surface area (Å²) in [6.45, 7) is 4.12. The third-order valence-corrected chi connectivity index (χ3v) is 3.48. The van der Waals surface area contributed by atoms with E-state index in [-0.39, 0.29) is 24.8 Å². The summed E-state index contributed by atoms with van der Waals surface area (Å²) in [6, 6.07) is 0. The Morgan fingerprint density at radius 3 is 1.38 bits per heavy atom. The number of rotatable bonds is 2. The zero-order chi connectivity index (χ0) is 9.80. The molecule has 0 bridgehead atoms. The molecule has 2 aliphatic rings. The van der Waals surface area contributed by atoms with Crippen molar-refractivity contribution < 1.29 is 4.79 Å². The van der Waals surface area contributed by atoms with Crippen molar-refractivity contribution in [2.24, 2.45) is 11.8 Å². The summed E-state index contributed by atoms with van der Waals surface area (Å²) in [5, 5.41) is 6.62. The summed E-state index contributed by atoms with van der Waals surface area (Å²) >= 11 is 0. The highest BCUT2D eigenvalue weighted by Crippen LogP contribution is 2.22. The SMILES string of the molecule is Cl.Cl.O=C(C1CCNCC1)C1CCNCC1. The van der Waals surface area contributed by atoms with Crippen LogP contribution in [0.5, 0.6) is 0 Å². The van der Waals surface area contributed by atoms with E-state index in [4.69, 9.17) is 0 Å². The maximum absolute atomic E-state index is 12.1. The van der Waals surface area contributed by atoms with Crippen molar-refractivity contribution in [3.05, 3.63) is 0 Å². The van der Waals surface area contributed by atoms with Gasteiger partial charge in [0, 0.05) is 11.8 Å². The van der Waals surface area contributed by atoms with Gasteiger partial charge in [0.1, 0.15) is 5.78 Å². The van der Waals surface area contributed by atoms with Crippen LogP contribution >= 0.6 is 24.8 Å². The van der Waals surface area contributed by atoms with Crippen molar-refractivity contribution in [1.82, 2.24) is 10.6 Å². The molecule has 2 aliphatic heterocycles. The molecule has 2 fully saturated rings. The molecule has 96 valence electrons. The molecular formula is C11H22Cl2N2O. The highest BCUT2D eigenvalue weighted by Gasteiger charge is 2.28. The summed E-state index contributed by atoms with van der Waals surface area (Å²) < 4.78 is 0.